The molecule has 8 heteroatoms. The first-order chi connectivity index (χ1) is 11.6. The Hall–Kier alpha value is -2.64. The second-order valence-corrected chi connectivity index (χ2v) is 5.44. The van der Waals surface area contributed by atoms with E-state index in [4.69, 9.17) is 9.47 Å². The molecule has 1 aliphatic rings. The van der Waals surface area contributed by atoms with Gasteiger partial charge < -0.3 is 9.47 Å². The van der Waals surface area contributed by atoms with Gasteiger partial charge in [0.1, 0.15) is 17.4 Å². The Morgan fingerprint density at radius 1 is 1.50 bits per heavy atom. The fraction of sp³-hybridized carbons (Fsp3) is 0.438. The molecule has 1 amide bonds. The number of carbonyl (C=O) groups is 1. The predicted molar refractivity (Wildman–Crippen MR) is 84.7 cm³/mol. The summed E-state index contributed by atoms with van der Waals surface area (Å²) >= 11 is 0. The fourth-order valence-electron chi connectivity index (χ4n) is 2.92. The summed E-state index contributed by atoms with van der Waals surface area (Å²) in [5.41, 5.74) is 0.714. The molecule has 1 atom stereocenters. The standard InChI is InChI=1S/C16H19FN4O3/c1-3-24-16(22)19-15-18-14-6-4-5-12(21(14)20-15)11-9-10(17)7-8-13(11)23-2/h7-9,12H,3-6H2,1-2H3,(H,19,20,22). The van der Waals surface area contributed by atoms with Crippen LogP contribution >= 0.6 is 0 Å². The lowest BCUT2D eigenvalue weighted by Crippen LogP contribution is -2.21. The van der Waals surface area contributed by atoms with E-state index in [1.807, 2.05) is 0 Å². The second-order valence-electron chi connectivity index (χ2n) is 5.44. The Morgan fingerprint density at radius 2 is 2.33 bits per heavy atom. The minimum atomic E-state index is -0.597. The van der Waals surface area contributed by atoms with Crippen molar-refractivity contribution in [3.05, 3.63) is 35.4 Å². The molecule has 7 nitrogen and oxygen atoms in total. The van der Waals surface area contributed by atoms with Gasteiger partial charge in [0.2, 0.25) is 0 Å². The van der Waals surface area contributed by atoms with Crippen molar-refractivity contribution in [2.24, 2.45) is 0 Å². The van der Waals surface area contributed by atoms with Crippen LogP contribution in [0.3, 0.4) is 0 Å². The Labute approximate surface area is 138 Å². The van der Waals surface area contributed by atoms with Crippen LogP contribution < -0.4 is 10.1 Å². The first-order valence-electron chi connectivity index (χ1n) is 7.85. The zero-order chi connectivity index (χ0) is 17.1. The SMILES string of the molecule is CCOC(=O)Nc1nc2n(n1)C(c1cc(F)ccc1OC)CCC2. The number of hydrogen-bond acceptors (Lipinski definition) is 5. The van der Waals surface area contributed by atoms with Crippen LogP contribution in [-0.4, -0.2) is 34.6 Å². The molecule has 1 unspecified atom stereocenters. The maximum absolute atomic E-state index is 13.7. The van der Waals surface area contributed by atoms with E-state index in [0.717, 1.165) is 25.1 Å². The summed E-state index contributed by atoms with van der Waals surface area (Å²) in [5, 5.41) is 6.85. The van der Waals surface area contributed by atoms with E-state index in [2.05, 4.69) is 15.4 Å². The molecular weight excluding hydrogens is 315 g/mol. The third kappa shape index (κ3) is 3.17. The van der Waals surface area contributed by atoms with Crippen LogP contribution in [0, 0.1) is 5.82 Å². The largest absolute Gasteiger partial charge is 0.496 e. The molecule has 128 valence electrons. The molecule has 0 saturated carbocycles. The summed E-state index contributed by atoms with van der Waals surface area (Å²) in [4.78, 5) is 15.9. The number of nitrogens with one attached hydrogen (secondary N) is 1. The summed E-state index contributed by atoms with van der Waals surface area (Å²) in [6.07, 6.45) is 1.82. The number of ether oxygens (including phenoxy) is 2. The van der Waals surface area contributed by atoms with Crippen molar-refractivity contribution in [3.8, 4) is 5.75 Å². The highest BCUT2D eigenvalue weighted by atomic mass is 19.1. The number of halogens is 1. The molecule has 1 aliphatic heterocycles. The Kier molecular flexibility index (Phi) is 4.64. The van der Waals surface area contributed by atoms with Crippen LogP contribution in [-0.2, 0) is 11.2 Å². The Morgan fingerprint density at radius 3 is 3.08 bits per heavy atom. The average molecular weight is 334 g/mol. The zero-order valence-corrected chi connectivity index (χ0v) is 13.6. The molecule has 1 aromatic carbocycles. The fourth-order valence-corrected chi connectivity index (χ4v) is 2.92. The number of aryl methyl sites for hydroxylation is 1. The van der Waals surface area contributed by atoms with Gasteiger partial charge in [-0.25, -0.2) is 13.9 Å². The first-order valence-corrected chi connectivity index (χ1v) is 7.85. The van der Waals surface area contributed by atoms with Crippen molar-refractivity contribution in [2.75, 3.05) is 19.0 Å². The monoisotopic (exact) mass is 334 g/mol. The normalized spacial score (nSPS) is 16.4. The van der Waals surface area contributed by atoms with Crippen molar-refractivity contribution in [1.29, 1.82) is 0 Å². The summed E-state index contributed by atoms with van der Waals surface area (Å²) in [7, 11) is 1.55. The summed E-state index contributed by atoms with van der Waals surface area (Å²) < 4.78 is 25.6. The Balaban J connectivity index is 1.93. The maximum Gasteiger partial charge on any atom is 0.414 e. The quantitative estimate of drug-likeness (QED) is 0.930. The van der Waals surface area contributed by atoms with E-state index in [1.54, 1.807) is 24.8 Å². The van der Waals surface area contributed by atoms with Gasteiger partial charge in [0.25, 0.3) is 5.95 Å². The third-order valence-electron chi connectivity index (χ3n) is 3.92. The minimum absolute atomic E-state index is 0.186. The van der Waals surface area contributed by atoms with Gasteiger partial charge in [0.05, 0.1) is 19.8 Å². The number of carbonyl (C=O) groups excluding carboxylic acids is 1. The molecule has 2 heterocycles. The molecule has 0 bridgehead atoms. The molecule has 0 spiro atoms. The number of fused-ring (bicyclic) bond motifs is 1. The lowest BCUT2D eigenvalue weighted by molar-refractivity contribution is 0.167. The lowest BCUT2D eigenvalue weighted by atomic mass is 9.97. The van der Waals surface area contributed by atoms with Crippen molar-refractivity contribution in [2.45, 2.75) is 32.2 Å². The molecule has 0 saturated heterocycles. The molecule has 0 fully saturated rings. The van der Waals surface area contributed by atoms with Crippen molar-refractivity contribution in [1.82, 2.24) is 14.8 Å². The molecular formula is C16H19FN4O3. The number of anilines is 1. The van der Waals surface area contributed by atoms with Crippen LogP contribution in [0.25, 0.3) is 0 Å². The van der Waals surface area contributed by atoms with Crippen molar-refractivity contribution < 1.29 is 18.7 Å². The van der Waals surface area contributed by atoms with Crippen LogP contribution in [0.5, 0.6) is 5.75 Å². The summed E-state index contributed by atoms with van der Waals surface area (Å²) in [6.45, 7) is 1.99. The average Bonchev–Trinajstić information content (AvgIpc) is 2.97. The number of amides is 1. The van der Waals surface area contributed by atoms with E-state index >= 15 is 0 Å². The number of nitrogens with zero attached hydrogens (tertiary/aromatic N) is 3. The van der Waals surface area contributed by atoms with Gasteiger partial charge in [-0.05, 0) is 38.0 Å². The van der Waals surface area contributed by atoms with Crippen LogP contribution in [0.4, 0.5) is 15.1 Å². The van der Waals surface area contributed by atoms with Gasteiger partial charge in [-0.2, -0.15) is 4.98 Å². The molecule has 0 radical (unpaired) electrons. The highest BCUT2D eigenvalue weighted by Gasteiger charge is 2.27. The maximum atomic E-state index is 13.7. The highest BCUT2D eigenvalue weighted by molar-refractivity contribution is 5.82. The summed E-state index contributed by atoms with van der Waals surface area (Å²) in [5.74, 6) is 1.20. The smallest absolute Gasteiger partial charge is 0.414 e. The first kappa shape index (κ1) is 16.2. The molecule has 2 aromatic rings. The Bertz CT molecular complexity index is 747. The topological polar surface area (TPSA) is 78.3 Å². The number of rotatable bonds is 4. The second kappa shape index (κ2) is 6.86. The number of aromatic nitrogens is 3. The van der Waals surface area contributed by atoms with E-state index in [-0.39, 0.29) is 24.4 Å². The molecule has 0 aliphatic carbocycles. The third-order valence-corrected chi connectivity index (χ3v) is 3.92. The lowest BCUT2D eigenvalue weighted by Gasteiger charge is -2.25. The van der Waals surface area contributed by atoms with Gasteiger partial charge in [-0.1, -0.05) is 0 Å². The van der Waals surface area contributed by atoms with Gasteiger partial charge in [0, 0.05) is 12.0 Å². The van der Waals surface area contributed by atoms with Crippen LogP contribution in [0.15, 0.2) is 18.2 Å². The molecule has 24 heavy (non-hydrogen) atoms. The highest BCUT2D eigenvalue weighted by Crippen LogP contribution is 2.35. The van der Waals surface area contributed by atoms with Crippen LogP contribution in [0.2, 0.25) is 0 Å². The number of methoxy groups -OCH3 is 1. The van der Waals surface area contributed by atoms with E-state index in [0.29, 0.717) is 11.3 Å². The summed E-state index contributed by atoms with van der Waals surface area (Å²) in [6, 6.07) is 4.23. The van der Waals surface area contributed by atoms with Gasteiger partial charge in [-0.15, -0.1) is 5.10 Å². The predicted octanol–water partition coefficient (Wildman–Crippen LogP) is 2.92. The molecule has 3 rings (SSSR count). The molecule has 1 N–H and O–H groups in total. The van der Waals surface area contributed by atoms with Crippen molar-refractivity contribution >= 4 is 12.0 Å². The zero-order valence-electron chi connectivity index (χ0n) is 13.6. The van der Waals surface area contributed by atoms with Gasteiger partial charge >= 0.3 is 6.09 Å². The molecule has 1 aromatic heterocycles. The number of benzene rings is 1. The van der Waals surface area contributed by atoms with E-state index in [1.165, 1.54) is 12.1 Å². The van der Waals surface area contributed by atoms with Crippen molar-refractivity contribution in [3.63, 3.8) is 0 Å². The number of hydrogen-bond donors (Lipinski definition) is 1. The van der Waals surface area contributed by atoms with Gasteiger partial charge in [0.15, 0.2) is 0 Å². The van der Waals surface area contributed by atoms with Crippen LogP contribution in [0.1, 0.15) is 37.2 Å². The van der Waals surface area contributed by atoms with E-state index in [9.17, 15) is 9.18 Å². The van der Waals surface area contributed by atoms with Gasteiger partial charge in [-0.3, -0.25) is 5.32 Å². The van der Waals surface area contributed by atoms with E-state index < -0.39 is 6.09 Å². The minimum Gasteiger partial charge on any atom is -0.496 e.